The minimum absolute atomic E-state index is 0.509. The fourth-order valence-corrected chi connectivity index (χ4v) is 2.33. The molecule has 3 heteroatoms. The van der Waals surface area contributed by atoms with Crippen LogP contribution in [0, 0.1) is 0 Å². The molecule has 1 heterocycles. The molecule has 2 rings (SSSR count). The van der Waals surface area contributed by atoms with E-state index in [2.05, 4.69) is 20.8 Å². The van der Waals surface area contributed by atoms with Gasteiger partial charge in [-0.1, -0.05) is 15.9 Å². The van der Waals surface area contributed by atoms with E-state index in [0.717, 1.165) is 23.1 Å². The van der Waals surface area contributed by atoms with Crippen molar-refractivity contribution in [1.82, 2.24) is 0 Å². The van der Waals surface area contributed by atoms with Crippen molar-refractivity contribution in [3.63, 3.8) is 0 Å². The Bertz CT molecular complexity index is 334. The number of piperidine rings is 1. The highest BCUT2D eigenvalue weighted by molar-refractivity contribution is 9.10. The highest BCUT2D eigenvalue weighted by atomic mass is 79.9. The van der Waals surface area contributed by atoms with Crippen LogP contribution in [0.3, 0.4) is 0 Å². The van der Waals surface area contributed by atoms with Crippen molar-refractivity contribution >= 4 is 21.6 Å². The lowest BCUT2D eigenvalue weighted by molar-refractivity contribution is 0.160. The maximum Gasteiger partial charge on any atom is 0.125 e. The number of halogens is 2. The summed E-state index contributed by atoms with van der Waals surface area (Å²) in [6.07, 6.45) is 1.61. The van der Waals surface area contributed by atoms with Crippen LogP contribution in [-0.2, 0) is 0 Å². The van der Waals surface area contributed by atoms with Gasteiger partial charge in [0.05, 0.1) is 6.54 Å². The molecule has 1 aromatic rings. The van der Waals surface area contributed by atoms with E-state index in [0.29, 0.717) is 13.0 Å². The van der Waals surface area contributed by atoms with Crippen LogP contribution >= 0.6 is 15.9 Å². The molecule has 15 heavy (non-hydrogen) atoms. The average molecular weight is 272 g/mol. The van der Waals surface area contributed by atoms with Crippen LogP contribution in [0.15, 0.2) is 28.7 Å². The van der Waals surface area contributed by atoms with Crippen molar-refractivity contribution in [3.05, 3.63) is 28.7 Å². The largest absolute Gasteiger partial charge is 0.368 e. The lowest BCUT2D eigenvalue weighted by Gasteiger charge is -2.36. The highest BCUT2D eigenvalue weighted by Crippen LogP contribution is 2.28. The van der Waals surface area contributed by atoms with Gasteiger partial charge in [-0.05, 0) is 44.0 Å². The van der Waals surface area contributed by atoms with Gasteiger partial charge >= 0.3 is 0 Å². The monoisotopic (exact) mass is 271 g/mol. The first-order chi connectivity index (χ1) is 7.07. The van der Waals surface area contributed by atoms with Crippen LogP contribution in [0.5, 0.6) is 0 Å². The van der Waals surface area contributed by atoms with Crippen LogP contribution in [0.4, 0.5) is 10.1 Å². The van der Waals surface area contributed by atoms with Crippen LogP contribution in [0.1, 0.15) is 19.8 Å². The molecule has 0 amide bonds. The number of benzene rings is 1. The minimum atomic E-state index is -1.04. The first-order valence-electron chi connectivity index (χ1n) is 5.26. The summed E-state index contributed by atoms with van der Waals surface area (Å²) in [6.45, 7) is 3.16. The predicted octanol–water partition coefficient (Wildman–Crippen LogP) is 3.78. The molecule has 0 aliphatic carbocycles. The lowest BCUT2D eigenvalue weighted by atomic mass is 9.96. The van der Waals surface area contributed by atoms with E-state index in [1.807, 2.05) is 24.3 Å². The van der Waals surface area contributed by atoms with Crippen LogP contribution in [-0.4, -0.2) is 18.8 Å². The Labute approximate surface area is 98.4 Å². The zero-order valence-corrected chi connectivity index (χ0v) is 10.4. The summed E-state index contributed by atoms with van der Waals surface area (Å²) in [7, 11) is 0. The quantitative estimate of drug-likeness (QED) is 0.752. The fourth-order valence-electron chi connectivity index (χ4n) is 2.07. The topological polar surface area (TPSA) is 3.24 Å². The van der Waals surface area contributed by atoms with E-state index in [-0.39, 0.29) is 0 Å². The smallest absolute Gasteiger partial charge is 0.125 e. The molecule has 0 spiro atoms. The molecule has 1 fully saturated rings. The van der Waals surface area contributed by atoms with Gasteiger partial charge in [-0.25, -0.2) is 4.39 Å². The zero-order valence-electron chi connectivity index (χ0n) is 8.84. The maximum atomic E-state index is 13.8. The average Bonchev–Trinajstić information content (AvgIpc) is 2.17. The summed E-state index contributed by atoms with van der Waals surface area (Å²) in [5.74, 6) is 0. The molecule has 1 aliphatic rings. The van der Waals surface area contributed by atoms with Crippen molar-refractivity contribution in [3.8, 4) is 0 Å². The highest BCUT2D eigenvalue weighted by Gasteiger charge is 2.30. The number of hydrogen-bond donors (Lipinski definition) is 0. The summed E-state index contributed by atoms with van der Waals surface area (Å²) >= 11 is 3.40. The number of hydrogen-bond acceptors (Lipinski definition) is 1. The first kappa shape index (κ1) is 10.9. The number of rotatable bonds is 1. The molecule has 1 nitrogen and oxygen atoms in total. The van der Waals surface area contributed by atoms with E-state index in [9.17, 15) is 4.39 Å². The van der Waals surface area contributed by atoms with Gasteiger partial charge in [0.1, 0.15) is 5.67 Å². The molecule has 1 aromatic carbocycles. The van der Waals surface area contributed by atoms with Crippen molar-refractivity contribution < 1.29 is 4.39 Å². The Kier molecular flexibility index (Phi) is 3.01. The standard InChI is InChI=1S/C12H15BrFN/c1-12(14)7-2-8-15(9-12)11-5-3-10(13)4-6-11/h3-6H,2,7-9H2,1H3. The molecule has 1 aliphatic heterocycles. The molecule has 1 saturated heterocycles. The first-order valence-corrected chi connectivity index (χ1v) is 6.06. The third kappa shape index (κ3) is 2.71. The Morgan fingerprint density at radius 1 is 1.33 bits per heavy atom. The van der Waals surface area contributed by atoms with Crippen LogP contribution in [0.25, 0.3) is 0 Å². The Balaban J connectivity index is 2.13. The summed E-state index contributed by atoms with van der Waals surface area (Å²) < 4.78 is 14.9. The molecule has 0 saturated carbocycles. The van der Waals surface area contributed by atoms with E-state index in [1.54, 1.807) is 6.92 Å². The molecular weight excluding hydrogens is 257 g/mol. The maximum absolute atomic E-state index is 13.8. The van der Waals surface area contributed by atoms with Crippen molar-refractivity contribution in [2.24, 2.45) is 0 Å². The van der Waals surface area contributed by atoms with Crippen LogP contribution < -0.4 is 4.90 Å². The number of anilines is 1. The number of alkyl halides is 1. The van der Waals surface area contributed by atoms with Gasteiger partial charge in [0.25, 0.3) is 0 Å². The van der Waals surface area contributed by atoms with Crippen molar-refractivity contribution in [2.45, 2.75) is 25.4 Å². The van der Waals surface area contributed by atoms with Crippen molar-refractivity contribution in [1.29, 1.82) is 0 Å². The van der Waals surface area contributed by atoms with E-state index in [1.165, 1.54) is 0 Å². The zero-order chi connectivity index (χ0) is 10.9. The van der Waals surface area contributed by atoms with Gasteiger partial charge in [0.2, 0.25) is 0 Å². The molecule has 0 radical (unpaired) electrons. The van der Waals surface area contributed by atoms with Crippen molar-refractivity contribution in [2.75, 3.05) is 18.0 Å². The molecule has 0 bridgehead atoms. The third-order valence-corrected chi connectivity index (χ3v) is 3.37. The Morgan fingerprint density at radius 2 is 2.00 bits per heavy atom. The SMILES string of the molecule is CC1(F)CCCN(c2ccc(Br)cc2)C1. The number of nitrogens with zero attached hydrogens (tertiary/aromatic N) is 1. The molecule has 0 aromatic heterocycles. The molecule has 1 unspecified atom stereocenters. The predicted molar refractivity (Wildman–Crippen MR) is 65.1 cm³/mol. The van der Waals surface area contributed by atoms with Gasteiger partial charge in [-0.3, -0.25) is 0 Å². The third-order valence-electron chi connectivity index (χ3n) is 2.84. The lowest BCUT2D eigenvalue weighted by Crippen LogP contribution is -2.43. The van der Waals surface area contributed by atoms with Crippen LogP contribution in [0.2, 0.25) is 0 Å². The second-order valence-electron chi connectivity index (χ2n) is 4.41. The molecular formula is C12H15BrFN. The summed E-state index contributed by atoms with van der Waals surface area (Å²) in [4.78, 5) is 2.12. The van der Waals surface area contributed by atoms with Gasteiger partial charge in [0, 0.05) is 16.7 Å². The van der Waals surface area contributed by atoms with Gasteiger partial charge in [-0.2, -0.15) is 0 Å². The van der Waals surface area contributed by atoms with Gasteiger partial charge < -0.3 is 4.90 Å². The van der Waals surface area contributed by atoms with E-state index >= 15 is 0 Å². The second-order valence-corrected chi connectivity index (χ2v) is 5.33. The summed E-state index contributed by atoms with van der Waals surface area (Å²) in [6, 6.07) is 8.07. The minimum Gasteiger partial charge on any atom is -0.368 e. The van der Waals surface area contributed by atoms with Gasteiger partial charge in [0.15, 0.2) is 0 Å². The van der Waals surface area contributed by atoms with E-state index < -0.39 is 5.67 Å². The fraction of sp³-hybridized carbons (Fsp3) is 0.500. The summed E-state index contributed by atoms with van der Waals surface area (Å²) in [5.41, 5.74) is 0.0764. The molecule has 0 N–H and O–H groups in total. The Morgan fingerprint density at radius 3 is 2.60 bits per heavy atom. The Hall–Kier alpha value is -0.570. The second kappa shape index (κ2) is 4.12. The van der Waals surface area contributed by atoms with E-state index in [4.69, 9.17) is 0 Å². The van der Waals surface area contributed by atoms with Gasteiger partial charge in [-0.15, -0.1) is 0 Å². The normalized spacial score (nSPS) is 26.7. The molecule has 1 atom stereocenters. The molecule has 82 valence electrons. The summed E-state index contributed by atoms with van der Waals surface area (Å²) in [5, 5.41) is 0.